The lowest BCUT2D eigenvalue weighted by Gasteiger charge is -2.12. The predicted octanol–water partition coefficient (Wildman–Crippen LogP) is 1.85. The van der Waals surface area contributed by atoms with Gasteiger partial charge in [0, 0.05) is 22.6 Å². The van der Waals surface area contributed by atoms with Crippen LogP contribution in [0.4, 0.5) is 0 Å². The van der Waals surface area contributed by atoms with E-state index >= 15 is 0 Å². The number of hydrogen-bond donors (Lipinski definition) is 3. The first-order chi connectivity index (χ1) is 12.7. The minimum absolute atomic E-state index is 0.142. The number of amides is 1. The van der Waals surface area contributed by atoms with Crippen molar-refractivity contribution in [3.05, 3.63) is 52.3 Å². The van der Waals surface area contributed by atoms with E-state index in [0.29, 0.717) is 16.9 Å². The minimum Gasteiger partial charge on any atom is -0.478 e. The number of rotatable bonds is 6. The number of carbonyl (C=O) groups excluding carboxylic acids is 1. The van der Waals surface area contributed by atoms with Gasteiger partial charge in [0.05, 0.1) is 23.4 Å². The van der Waals surface area contributed by atoms with Crippen molar-refractivity contribution in [3.63, 3.8) is 0 Å². The zero-order valence-corrected chi connectivity index (χ0v) is 14.6. The van der Waals surface area contributed by atoms with E-state index in [9.17, 15) is 24.6 Å². The smallest absolute Gasteiger partial charge is 0.335 e. The first-order valence-corrected chi connectivity index (χ1v) is 7.74. The van der Waals surface area contributed by atoms with Crippen LogP contribution in [0, 0.1) is 25.2 Å². The third kappa shape index (κ3) is 4.38. The Hall–Kier alpha value is -3.93. The van der Waals surface area contributed by atoms with E-state index in [1.165, 1.54) is 18.3 Å². The summed E-state index contributed by atoms with van der Waals surface area (Å²) in [6, 6.07) is 7.31. The third-order valence-electron chi connectivity index (χ3n) is 3.77. The van der Waals surface area contributed by atoms with E-state index in [1.807, 2.05) is 0 Å². The van der Waals surface area contributed by atoms with Gasteiger partial charge < -0.3 is 14.8 Å². The zero-order chi connectivity index (χ0) is 20.1. The zero-order valence-electron chi connectivity index (χ0n) is 14.6. The highest BCUT2D eigenvalue weighted by Crippen LogP contribution is 2.22. The molecule has 0 fully saturated rings. The van der Waals surface area contributed by atoms with Gasteiger partial charge >= 0.3 is 11.9 Å². The number of aromatic carboxylic acids is 2. The van der Waals surface area contributed by atoms with Crippen LogP contribution in [0.3, 0.4) is 0 Å². The van der Waals surface area contributed by atoms with Crippen molar-refractivity contribution in [1.82, 2.24) is 9.99 Å². The summed E-state index contributed by atoms with van der Waals surface area (Å²) in [5.41, 5.74) is 4.35. The van der Waals surface area contributed by atoms with Gasteiger partial charge in [0.25, 0.3) is 5.91 Å². The number of nitrogens with one attached hydrogen (secondary N) is 1. The van der Waals surface area contributed by atoms with Gasteiger partial charge in [-0.15, -0.1) is 0 Å². The number of carboxylic acid groups (broad SMARTS) is 2. The van der Waals surface area contributed by atoms with Gasteiger partial charge in [0.2, 0.25) is 0 Å². The fraction of sp³-hybridized carbons (Fsp3) is 0.167. The van der Waals surface area contributed by atoms with Crippen molar-refractivity contribution in [3.8, 4) is 11.8 Å². The lowest BCUT2D eigenvalue weighted by Crippen LogP contribution is -2.16. The molecule has 9 heteroatoms. The maximum Gasteiger partial charge on any atom is 0.335 e. The maximum atomic E-state index is 11.3. The Labute approximate surface area is 154 Å². The molecule has 0 unspecified atom stereocenters. The molecule has 0 bridgehead atoms. The summed E-state index contributed by atoms with van der Waals surface area (Å²) in [5.74, 6) is -3.00. The Kier molecular flexibility index (Phi) is 5.72. The first kappa shape index (κ1) is 19.4. The maximum absolute atomic E-state index is 11.3. The number of aryl methyl sites for hydroxylation is 1. The highest BCUT2D eigenvalue weighted by molar-refractivity contribution is 5.95. The molecule has 1 aromatic heterocycles. The molecule has 0 aliphatic rings. The summed E-state index contributed by atoms with van der Waals surface area (Å²) < 4.78 is 1.69. The SMILES string of the molecule is Cc1cc(/C=N\NC(=O)CC#N)c(C)n1-c1cc(C(=O)O)cc(C(=O)O)c1. The molecule has 0 saturated heterocycles. The first-order valence-electron chi connectivity index (χ1n) is 7.74. The van der Waals surface area contributed by atoms with Crippen molar-refractivity contribution in [1.29, 1.82) is 5.26 Å². The molecule has 0 saturated carbocycles. The molecular formula is C18H16N4O5. The standard InChI is InChI=1S/C18H16N4O5/c1-10-5-14(9-20-21-16(23)3-4-19)11(2)22(10)15-7-12(17(24)25)6-13(8-15)18(26)27/h5-9H,3H2,1-2H3,(H,21,23)(H,24,25)(H,26,27)/b20-9-. The Morgan fingerprint density at radius 2 is 1.74 bits per heavy atom. The van der Waals surface area contributed by atoms with Gasteiger partial charge in [-0.05, 0) is 38.1 Å². The Balaban J connectivity index is 2.46. The molecule has 2 aromatic rings. The second-order valence-electron chi connectivity index (χ2n) is 5.67. The van der Waals surface area contributed by atoms with Crippen LogP contribution in [0.15, 0.2) is 29.4 Å². The summed E-state index contributed by atoms with van der Waals surface area (Å²) in [6.07, 6.45) is 1.09. The van der Waals surface area contributed by atoms with Crippen molar-refractivity contribution in [2.45, 2.75) is 20.3 Å². The average molecular weight is 368 g/mol. The Morgan fingerprint density at radius 1 is 1.15 bits per heavy atom. The number of hydrogen-bond acceptors (Lipinski definition) is 5. The molecule has 1 heterocycles. The lowest BCUT2D eigenvalue weighted by molar-refractivity contribution is -0.120. The molecule has 0 atom stereocenters. The van der Waals surface area contributed by atoms with Crippen molar-refractivity contribution in [2.24, 2.45) is 5.10 Å². The summed E-state index contributed by atoms with van der Waals surface area (Å²) in [5, 5.41) is 30.7. The van der Waals surface area contributed by atoms with Crippen molar-refractivity contribution < 1.29 is 24.6 Å². The molecular weight excluding hydrogens is 352 g/mol. The monoisotopic (exact) mass is 368 g/mol. The van der Waals surface area contributed by atoms with E-state index in [4.69, 9.17) is 5.26 Å². The second kappa shape index (κ2) is 7.97. The van der Waals surface area contributed by atoms with Gasteiger partial charge in [0.1, 0.15) is 6.42 Å². The van der Waals surface area contributed by atoms with Gasteiger partial charge in [-0.25, -0.2) is 15.0 Å². The largest absolute Gasteiger partial charge is 0.478 e. The number of benzene rings is 1. The number of carbonyl (C=O) groups is 3. The van der Waals surface area contributed by atoms with Crippen LogP contribution in [-0.2, 0) is 4.79 Å². The fourth-order valence-corrected chi connectivity index (χ4v) is 2.59. The van der Waals surface area contributed by atoms with Crippen LogP contribution < -0.4 is 5.43 Å². The second-order valence-corrected chi connectivity index (χ2v) is 5.67. The van der Waals surface area contributed by atoms with Crippen LogP contribution in [0.2, 0.25) is 0 Å². The molecule has 0 spiro atoms. The molecule has 1 amide bonds. The van der Waals surface area contributed by atoms with Gasteiger partial charge in [-0.1, -0.05) is 0 Å². The topological polar surface area (TPSA) is 145 Å². The van der Waals surface area contributed by atoms with Gasteiger partial charge in [-0.2, -0.15) is 10.4 Å². The summed E-state index contributed by atoms with van der Waals surface area (Å²) in [4.78, 5) is 33.9. The van der Waals surface area contributed by atoms with Crippen molar-refractivity contribution >= 4 is 24.1 Å². The number of nitriles is 1. The van der Waals surface area contributed by atoms with E-state index in [2.05, 4.69) is 10.5 Å². The number of hydrazone groups is 1. The van der Waals surface area contributed by atoms with Crippen LogP contribution in [0.1, 0.15) is 44.1 Å². The summed E-state index contributed by atoms with van der Waals surface area (Å²) >= 11 is 0. The molecule has 0 aliphatic heterocycles. The third-order valence-corrected chi connectivity index (χ3v) is 3.77. The molecule has 2 rings (SSSR count). The number of carboxylic acids is 2. The quantitative estimate of drug-likeness (QED) is 0.524. The summed E-state index contributed by atoms with van der Waals surface area (Å²) in [7, 11) is 0. The molecule has 9 nitrogen and oxygen atoms in total. The Bertz CT molecular complexity index is 966. The minimum atomic E-state index is -1.23. The number of aromatic nitrogens is 1. The highest BCUT2D eigenvalue weighted by Gasteiger charge is 2.15. The van der Waals surface area contributed by atoms with E-state index in [1.54, 1.807) is 30.6 Å². The molecule has 0 radical (unpaired) electrons. The molecule has 27 heavy (non-hydrogen) atoms. The molecule has 0 aliphatic carbocycles. The molecule has 3 N–H and O–H groups in total. The van der Waals surface area contributed by atoms with Crippen LogP contribution >= 0.6 is 0 Å². The lowest BCUT2D eigenvalue weighted by atomic mass is 10.1. The number of nitrogens with zero attached hydrogens (tertiary/aromatic N) is 3. The molecule has 138 valence electrons. The van der Waals surface area contributed by atoms with Gasteiger partial charge in [-0.3, -0.25) is 4.79 Å². The van der Waals surface area contributed by atoms with E-state index in [0.717, 1.165) is 11.8 Å². The van der Waals surface area contributed by atoms with E-state index < -0.39 is 17.8 Å². The average Bonchev–Trinajstić information content (AvgIpc) is 2.88. The predicted molar refractivity (Wildman–Crippen MR) is 95.1 cm³/mol. The normalized spacial score (nSPS) is 10.6. The van der Waals surface area contributed by atoms with Crippen molar-refractivity contribution in [2.75, 3.05) is 0 Å². The van der Waals surface area contributed by atoms with Crippen LogP contribution in [-0.4, -0.2) is 38.8 Å². The summed E-state index contributed by atoms with van der Waals surface area (Å²) in [6.45, 7) is 3.52. The molecule has 1 aromatic carbocycles. The van der Waals surface area contributed by atoms with Crippen LogP contribution in [0.25, 0.3) is 5.69 Å². The fourth-order valence-electron chi connectivity index (χ4n) is 2.59. The van der Waals surface area contributed by atoms with Gasteiger partial charge in [0.15, 0.2) is 0 Å². The Morgan fingerprint density at radius 3 is 2.26 bits per heavy atom. The van der Waals surface area contributed by atoms with Crippen LogP contribution in [0.5, 0.6) is 0 Å². The highest BCUT2D eigenvalue weighted by atomic mass is 16.4. The van der Waals surface area contributed by atoms with E-state index in [-0.39, 0.29) is 17.5 Å².